The van der Waals surface area contributed by atoms with Crippen LogP contribution < -0.4 is 5.32 Å². The van der Waals surface area contributed by atoms with Crippen molar-refractivity contribution in [2.24, 2.45) is 5.92 Å². The molecule has 0 saturated carbocycles. The van der Waals surface area contributed by atoms with Crippen LogP contribution in [0.2, 0.25) is 0 Å². The molecule has 0 saturated heterocycles. The Hall–Kier alpha value is -2.14. The van der Waals surface area contributed by atoms with Crippen LogP contribution in [0.4, 0.5) is 5.82 Å². The molecule has 3 N–H and O–H groups in total. The van der Waals surface area contributed by atoms with Gasteiger partial charge in [-0.1, -0.05) is 25.1 Å². The number of aromatic carboxylic acids is 1. The minimum Gasteiger partial charge on any atom is -0.478 e. The number of aliphatic hydroxyl groups is 1. The van der Waals surface area contributed by atoms with Gasteiger partial charge in [0.1, 0.15) is 5.82 Å². The van der Waals surface area contributed by atoms with Gasteiger partial charge in [-0.25, -0.2) is 9.78 Å². The summed E-state index contributed by atoms with van der Waals surface area (Å²) in [6.45, 7) is 2.81. The first-order valence-electron chi connectivity index (χ1n) is 6.59. The SMILES string of the molecule is CC(CCO)CNc1cc(C(=O)O)c2ccccc2n1. The summed E-state index contributed by atoms with van der Waals surface area (Å²) >= 11 is 0. The lowest BCUT2D eigenvalue weighted by Gasteiger charge is -2.13. The highest BCUT2D eigenvalue weighted by molar-refractivity contribution is 6.03. The first kappa shape index (κ1) is 14.3. The van der Waals surface area contributed by atoms with Gasteiger partial charge in [0.05, 0.1) is 11.1 Å². The van der Waals surface area contributed by atoms with E-state index in [2.05, 4.69) is 10.3 Å². The van der Waals surface area contributed by atoms with Crippen molar-refractivity contribution in [3.05, 3.63) is 35.9 Å². The topological polar surface area (TPSA) is 82.5 Å². The number of fused-ring (bicyclic) bond motifs is 1. The molecule has 20 heavy (non-hydrogen) atoms. The molecule has 1 unspecified atom stereocenters. The van der Waals surface area contributed by atoms with E-state index in [1.165, 1.54) is 0 Å². The Morgan fingerprint density at radius 3 is 2.85 bits per heavy atom. The first-order chi connectivity index (χ1) is 9.61. The van der Waals surface area contributed by atoms with E-state index in [4.69, 9.17) is 5.11 Å². The van der Waals surface area contributed by atoms with Crippen LogP contribution in [0.1, 0.15) is 23.7 Å². The number of aliphatic hydroxyl groups excluding tert-OH is 1. The molecular formula is C15H18N2O3. The molecule has 5 heteroatoms. The number of aromatic nitrogens is 1. The number of hydrogen-bond acceptors (Lipinski definition) is 4. The fourth-order valence-corrected chi connectivity index (χ4v) is 2.04. The average molecular weight is 274 g/mol. The molecule has 2 aromatic rings. The summed E-state index contributed by atoms with van der Waals surface area (Å²) in [6, 6.07) is 8.73. The molecule has 0 aliphatic rings. The summed E-state index contributed by atoms with van der Waals surface area (Å²) in [5.74, 6) is -0.123. The van der Waals surface area contributed by atoms with Crippen molar-refractivity contribution in [1.29, 1.82) is 0 Å². The number of para-hydroxylation sites is 1. The van der Waals surface area contributed by atoms with Gasteiger partial charge >= 0.3 is 5.97 Å². The molecule has 2 rings (SSSR count). The number of carbonyl (C=O) groups is 1. The Labute approximate surface area is 117 Å². The second kappa shape index (κ2) is 6.34. The van der Waals surface area contributed by atoms with Crippen LogP contribution >= 0.6 is 0 Å². The maximum Gasteiger partial charge on any atom is 0.336 e. The predicted molar refractivity (Wildman–Crippen MR) is 78.1 cm³/mol. The van der Waals surface area contributed by atoms with Crippen LogP contribution in [0.5, 0.6) is 0 Å². The van der Waals surface area contributed by atoms with Crippen molar-refractivity contribution in [3.8, 4) is 0 Å². The minimum atomic E-state index is -0.963. The second-order valence-electron chi connectivity index (χ2n) is 4.88. The molecule has 0 bridgehead atoms. The van der Waals surface area contributed by atoms with Crippen molar-refractivity contribution in [2.45, 2.75) is 13.3 Å². The van der Waals surface area contributed by atoms with Crippen LogP contribution in [0, 0.1) is 5.92 Å². The van der Waals surface area contributed by atoms with E-state index in [0.29, 0.717) is 35.6 Å². The van der Waals surface area contributed by atoms with Crippen LogP contribution in [-0.2, 0) is 0 Å². The Morgan fingerprint density at radius 2 is 2.15 bits per heavy atom. The number of carboxylic acid groups (broad SMARTS) is 1. The van der Waals surface area contributed by atoms with Crippen LogP contribution in [0.15, 0.2) is 30.3 Å². The molecule has 0 aliphatic heterocycles. The smallest absolute Gasteiger partial charge is 0.336 e. The van der Waals surface area contributed by atoms with Crippen molar-refractivity contribution in [1.82, 2.24) is 4.98 Å². The van der Waals surface area contributed by atoms with Crippen LogP contribution in [-0.4, -0.2) is 34.3 Å². The fraction of sp³-hybridized carbons (Fsp3) is 0.333. The van der Waals surface area contributed by atoms with Crippen LogP contribution in [0.25, 0.3) is 10.9 Å². The van der Waals surface area contributed by atoms with Gasteiger partial charge in [0.2, 0.25) is 0 Å². The van der Waals surface area contributed by atoms with Gasteiger partial charge in [-0.05, 0) is 24.5 Å². The zero-order valence-corrected chi connectivity index (χ0v) is 11.3. The molecular weight excluding hydrogens is 256 g/mol. The molecule has 1 aromatic carbocycles. The Morgan fingerprint density at radius 1 is 1.40 bits per heavy atom. The number of nitrogens with one attached hydrogen (secondary N) is 1. The molecule has 106 valence electrons. The number of rotatable bonds is 6. The lowest BCUT2D eigenvalue weighted by Crippen LogP contribution is -2.14. The number of pyridine rings is 1. The van der Waals surface area contributed by atoms with E-state index in [1.807, 2.05) is 13.0 Å². The zero-order chi connectivity index (χ0) is 14.5. The average Bonchev–Trinajstić information content (AvgIpc) is 2.44. The third-order valence-electron chi connectivity index (χ3n) is 3.20. The summed E-state index contributed by atoms with van der Waals surface area (Å²) < 4.78 is 0. The van der Waals surface area contributed by atoms with Gasteiger partial charge in [-0.3, -0.25) is 0 Å². The van der Waals surface area contributed by atoms with E-state index in [9.17, 15) is 9.90 Å². The van der Waals surface area contributed by atoms with E-state index in [1.54, 1.807) is 24.3 Å². The summed E-state index contributed by atoms with van der Waals surface area (Å²) in [7, 11) is 0. The molecule has 1 aromatic heterocycles. The summed E-state index contributed by atoms with van der Waals surface area (Å²) in [5.41, 5.74) is 0.901. The third kappa shape index (κ3) is 3.24. The summed E-state index contributed by atoms with van der Waals surface area (Å²) in [4.78, 5) is 15.7. The lowest BCUT2D eigenvalue weighted by atomic mass is 10.1. The zero-order valence-electron chi connectivity index (χ0n) is 11.3. The Kier molecular flexibility index (Phi) is 4.53. The van der Waals surface area contributed by atoms with Gasteiger partial charge in [-0.2, -0.15) is 0 Å². The Balaban J connectivity index is 2.28. The van der Waals surface area contributed by atoms with Crippen LogP contribution in [0.3, 0.4) is 0 Å². The molecule has 0 aliphatic carbocycles. The number of hydrogen-bond donors (Lipinski definition) is 3. The normalized spacial score (nSPS) is 12.3. The second-order valence-corrected chi connectivity index (χ2v) is 4.88. The molecule has 0 amide bonds. The summed E-state index contributed by atoms with van der Waals surface area (Å²) in [6.07, 6.45) is 0.701. The highest BCUT2D eigenvalue weighted by Gasteiger charge is 2.11. The molecule has 1 atom stereocenters. The first-order valence-corrected chi connectivity index (χ1v) is 6.59. The van der Waals surface area contributed by atoms with Crippen molar-refractivity contribution < 1.29 is 15.0 Å². The van der Waals surface area contributed by atoms with E-state index in [-0.39, 0.29) is 12.2 Å². The number of anilines is 1. The number of carboxylic acids is 1. The third-order valence-corrected chi connectivity index (χ3v) is 3.20. The minimum absolute atomic E-state index is 0.147. The maximum atomic E-state index is 11.3. The molecule has 0 radical (unpaired) electrons. The lowest BCUT2D eigenvalue weighted by molar-refractivity contribution is 0.0699. The van der Waals surface area contributed by atoms with Gasteiger partial charge in [0.15, 0.2) is 0 Å². The molecule has 0 fully saturated rings. The van der Waals surface area contributed by atoms with Gasteiger partial charge in [0, 0.05) is 18.5 Å². The summed E-state index contributed by atoms with van der Waals surface area (Å²) in [5, 5.41) is 21.9. The van der Waals surface area contributed by atoms with Crippen molar-refractivity contribution >= 4 is 22.7 Å². The molecule has 1 heterocycles. The molecule has 0 spiro atoms. The van der Waals surface area contributed by atoms with Gasteiger partial charge in [-0.15, -0.1) is 0 Å². The van der Waals surface area contributed by atoms with E-state index in [0.717, 1.165) is 0 Å². The van der Waals surface area contributed by atoms with Crippen molar-refractivity contribution in [2.75, 3.05) is 18.5 Å². The fourth-order valence-electron chi connectivity index (χ4n) is 2.04. The standard InChI is InChI=1S/C15H18N2O3/c1-10(6-7-18)9-16-14-8-12(15(19)20)11-4-2-3-5-13(11)17-14/h2-5,8,10,18H,6-7,9H2,1H3,(H,16,17)(H,19,20). The number of nitrogens with zero attached hydrogens (tertiary/aromatic N) is 1. The highest BCUT2D eigenvalue weighted by atomic mass is 16.4. The van der Waals surface area contributed by atoms with Gasteiger partial charge < -0.3 is 15.5 Å². The maximum absolute atomic E-state index is 11.3. The highest BCUT2D eigenvalue weighted by Crippen LogP contribution is 2.21. The van der Waals surface area contributed by atoms with Crippen molar-refractivity contribution in [3.63, 3.8) is 0 Å². The Bertz CT molecular complexity index is 613. The van der Waals surface area contributed by atoms with E-state index >= 15 is 0 Å². The number of benzene rings is 1. The monoisotopic (exact) mass is 274 g/mol. The van der Waals surface area contributed by atoms with E-state index < -0.39 is 5.97 Å². The molecule has 5 nitrogen and oxygen atoms in total. The quantitative estimate of drug-likeness (QED) is 0.753. The largest absolute Gasteiger partial charge is 0.478 e. The van der Waals surface area contributed by atoms with Gasteiger partial charge in [0.25, 0.3) is 0 Å². The predicted octanol–water partition coefficient (Wildman–Crippen LogP) is 2.36.